The van der Waals surface area contributed by atoms with E-state index in [0.717, 1.165) is 42.7 Å². The van der Waals surface area contributed by atoms with Crippen molar-refractivity contribution in [2.45, 2.75) is 39.7 Å². The van der Waals surface area contributed by atoms with Crippen LogP contribution < -0.4 is 5.32 Å². The van der Waals surface area contributed by atoms with Crippen LogP contribution in [0.15, 0.2) is 18.3 Å². The van der Waals surface area contributed by atoms with E-state index in [1.165, 1.54) is 0 Å². The molecule has 0 aromatic carbocycles. The molecule has 0 aliphatic carbocycles. The summed E-state index contributed by atoms with van der Waals surface area (Å²) in [6, 6.07) is 4.16. The number of carbonyl (C=O) groups excluding carboxylic acids is 1. The number of piperidine rings is 1. The number of ether oxygens (including phenoxy) is 1. The number of hydrogen-bond donors (Lipinski definition) is 1. The minimum Gasteiger partial charge on any atom is -0.462 e. The molecule has 1 aliphatic rings. The van der Waals surface area contributed by atoms with Gasteiger partial charge in [-0.3, -0.25) is 0 Å². The molecular weight excluding hydrogens is 290 g/mol. The number of nitrogens with one attached hydrogen (secondary N) is 1. The molecule has 3 rings (SSSR count). The molecule has 0 unspecified atom stereocenters. The van der Waals surface area contributed by atoms with E-state index in [-0.39, 0.29) is 5.97 Å². The maximum Gasteiger partial charge on any atom is 0.340 e. The van der Waals surface area contributed by atoms with E-state index in [1.807, 2.05) is 26.0 Å². The molecular formula is C18H25N3O2. The van der Waals surface area contributed by atoms with Gasteiger partial charge in [0.1, 0.15) is 5.65 Å². The standard InChI is InChI=1S/C18H25N3O2/c1-4-23-18(22)16-13(3)21(17-15(16)6-5-9-20-17)12(2)14-7-10-19-11-8-14/h5-6,9,12,14,19H,4,7-8,10-11H2,1-3H3/t12-/m1/s1. The Morgan fingerprint density at radius 1 is 1.48 bits per heavy atom. The molecule has 5 heteroatoms. The second-order valence-corrected chi connectivity index (χ2v) is 6.25. The van der Waals surface area contributed by atoms with Gasteiger partial charge in [0.05, 0.1) is 12.2 Å². The highest BCUT2D eigenvalue weighted by Crippen LogP contribution is 2.34. The lowest BCUT2D eigenvalue weighted by atomic mass is 9.91. The van der Waals surface area contributed by atoms with E-state index in [0.29, 0.717) is 24.1 Å². The summed E-state index contributed by atoms with van der Waals surface area (Å²) in [4.78, 5) is 17.0. The predicted molar refractivity (Wildman–Crippen MR) is 90.7 cm³/mol. The van der Waals surface area contributed by atoms with Crippen LogP contribution >= 0.6 is 0 Å². The Balaban J connectivity index is 2.09. The van der Waals surface area contributed by atoms with Crippen LogP contribution in [-0.4, -0.2) is 35.2 Å². The van der Waals surface area contributed by atoms with Crippen LogP contribution in [-0.2, 0) is 4.74 Å². The lowest BCUT2D eigenvalue weighted by Crippen LogP contribution is -2.32. The van der Waals surface area contributed by atoms with Crippen LogP contribution in [0.25, 0.3) is 11.0 Å². The van der Waals surface area contributed by atoms with Crippen molar-refractivity contribution in [2.24, 2.45) is 5.92 Å². The fourth-order valence-corrected chi connectivity index (χ4v) is 3.76. The summed E-state index contributed by atoms with van der Waals surface area (Å²) in [5.74, 6) is 0.349. The first-order valence-electron chi connectivity index (χ1n) is 8.48. The average molecular weight is 315 g/mol. The lowest BCUT2D eigenvalue weighted by Gasteiger charge is -2.30. The second-order valence-electron chi connectivity index (χ2n) is 6.25. The quantitative estimate of drug-likeness (QED) is 0.881. The monoisotopic (exact) mass is 315 g/mol. The van der Waals surface area contributed by atoms with Gasteiger partial charge < -0.3 is 14.6 Å². The Labute approximate surface area is 137 Å². The summed E-state index contributed by atoms with van der Waals surface area (Å²) in [5.41, 5.74) is 2.51. The molecule has 2 aromatic rings. The molecule has 0 radical (unpaired) electrons. The SMILES string of the molecule is CCOC(=O)c1c(C)n([C@H](C)C2CCNCC2)c2ncccc12. The first-order valence-corrected chi connectivity index (χ1v) is 8.48. The van der Waals surface area contributed by atoms with Gasteiger partial charge in [-0.05, 0) is 64.8 Å². The molecule has 2 aromatic heterocycles. The molecule has 3 heterocycles. The van der Waals surface area contributed by atoms with Crippen molar-refractivity contribution >= 4 is 17.0 Å². The minimum absolute atomic E-state index is 0.251. The molecule has 0 amide bonds. The van der Waals surface area contributed by atoms with Crippen molar-refractivity contribution in [2.75, 3.05) is 19.7 Å². The summed E-state index contributed by atoms with van der Waals surface area (Å²) in [7, 11) is 0. The number of carbonyl (C=O) groups is 1. The van der Waals surface area contributed by atoms with Crippen LogP contribution in [0.3, 0.4) is 0 Å². The zero-order chi connectivity index (χ0) is 16.4. The number of aromatic nitrogens is 2. The zero-order valence-corrected chi connectivity index (χ0v) is 14.1. The Hall–Kier alpha value is -1.88. The van der Waals surface area contributed by atoms with E-state index in [9.17, 15) is 4.79 Å². The summed E-state index contributed by atoms with van der Waals surface area (Å²) < 4.78 is 7.50. The fraction of sp³-hybridized carbons (Fsp3) is 0.556. The average Bonchev–Trinajstić information content (AvgIpc) is 2.87. The van der Waals surface area contributed by atoms with Gasteiger partial charge in [0.25, 0.3) is 0 Å². The second kappa shape index (κ2) is 6.71. The van der Waals surface area contributed by atoms with Gasteiger partial charge in [0, 0.05) is 23.3 Å². The molecule has 23 heavy (non-hydrogen) atoms. The predicted octanol–water partition coefficient (Wildman–Crippen LogP) is 3.08. The van der Waals surface area contributed by atoms with Crippen molar-refractivity contribution < 1.29 is 9.53 Å². The van der Waals surface area contributed by atoms with E-state index in [4.69, 9.17) is 4.74 Å². The molecule has 0 bridgehead atoms. The highest BCUT2D eigenvalue weighted by molar-refractivity contribution is 6.05. The summed E-state index contributed by atoms with van der Waals surface area (Å²) in [5, 5.41) is 4.31. The van der Waals surface area contributed by atoms with Crippen molar-refractivity contribution in [3.8, 4) is 0 Å². The van der Waals surface area contributed by atoms with E-state index < -0.39 is 0 Å². The summed E-state index contributed by atoms with van der Waals surface area (Å²) in [6.07, 6.45) is 4.10. The number of esters is 1. The van der Waals surface area contributed by atoms with Crippen LogP contribution in [0.2, 0.25) is 0 Å². The van der Waals surface area contributed by atoms with E-state index >= 15 is 0 Å². The lowest BCUT2D eigenvalue weighted by molar-refractivity contribution is 0.0527. The van der Waals surface area contributed by atoms with Crippen molar-refractivity contribution in [3.63, 3.8) is 0 Å². The molecule has 0 spiro atoms. The van der Waals surface area contributed by atoms with Crippen molar-refractivity contribution in [3.05, 3.63) is 29.6 Å². The largest absolute Gasteiger partial charge is 0.462 e. The molecule has 1 atom stereocenters. The van der Waals surface area contributed by atoms with Crippen LogP contribution in [0.1, 0.15) is 48.8 Å². The Morgan fingerprint density at radius 3 is 2.91 bits per heavy atom. The van der Waals surface area contributed by atoms with E-state index in [1.54, 1.807) is 6.20 Å². The van der Waals surface area contributed by atoms with Crippen molar-refractivity contribution in [1.29, 1.82) is 0 Å². The number of pyridine rings is 1. The fourth-order valence-electron chi connectivity index (χ4n) is 3.76. The maximum absolute atomic E-state index is 12.4. The van der Waals surface area contributed by atoms with Crippen LogP contribution in [0.4, 0.5) is 0 Å². The molecule has 1 N–H and O–H groups in total. The van der Waals surface area contributed by atoms with Crippen LogP contribution in [0, 0.1) is 12.8 Å². The topological polar surface area (TPSA) is 56.1 Å². The Kier molecular flexibility index (Phi) is 4.66. The molecule has 1 fully saturated rings. The summed E-state index contributed by atoms with van der Waals surface area (Å²) >= 11 is 0. The number of rotatable bonds is 4. The van der Waals surface area contributed by atoms with Gasteiger partial charge in [-0.1, -0.05) is 0 Å². The Bertz CT molecular complexity index is 702. The third-order valence-corrected chi connectivity index (χ3v) is 4.96. The zero-order valence-electron chi connectivity index (χ0n) is 14.1. The molecule has 124 valence electrons. The van der Waals surface area contributed by atoms with Gasteiger partial charge >= 0.3 is 5.97 Å². The van der Waals surface area contributed by atoms with Crippen LogP contribution in [0.5, 0.6) is 0 Å². The third-order valence-electron chi connectivity index (χ3n) is 4.96. The summed E-state index contributed by atoms with van der Waals surface area (Å²) in [6.45, 7) is 8.59. The number of nitrogens with zero attached hydrogens (tertiary/aromatic N) is 2. The molecule has 5 nitrogen and oxygen atoms in total. The Morgan fingerprint density at radius 2 is 2.22 bits per heavy atom. The molecule has 0 saturated carbocycles. The van der Waals surface area contributed by atoms with Crippen molar-refractivity contribution in [1.82, 2.24) is 14.9 Å². The maximum atomic E-state index is 12.4. The normalized spacial score (nSPS) is 17.3. The first-order chi connectivity index (χ1) is 11.1. The first kappa shape index (κ1) is 16.0. The van der Waals surface area contributed by atoms with Gasteiger partial charge in [0.2, 0.25) is 0 Å². The minimum atomic E-state index is -0.251. The van der Waals surface area contributed by atoms with Gasteiger partial charge in [-0.2, -0.15) is 0 Å². The smallest absolute Gasteiger partial charge is 0.340 e. The number of hydrogen-bond acceptors (Lipinski definition) is 4. The van der Waals surface area contributed by atoms with Gasteiger partial charge in [-0.15, -0.1) is 0 Å². The highest BCUT2D eigenvalue weighted by Gasteiger charge is 2.28. The third kappa shape index (κ3) is 2.85. The molecule has 1 saturated heterocycles. The molecule has 1 aliphatic heterocycles. The van der Waals surface area contributed by atoms with Gasteiger partial charge in [0.15, 0.2) is 0 Å². The van der Waals surface area contributed by atoms with E-state index in [2.05, 4.69) is 21.8 Å². The van der Waals surface area contributed by atoms with Gasteiger partial charge in [-0.25, -0.2) is 9.78 Å². The highest BCUT2D eigenvalue weighted by atomic mass is 16.5. The number of fused-ring (bicyclic) bond motifs is 1.